The van der Waals surface area contributed by atoms with Gasteiger partial charge in [0.15, 0.2) is 5.65 Å². The van der Waals surface area contributed by atoms with Gasteiger partial charge in [-0.25, -0.2) is 9.48 Å². The second-order valence-corrected chi connectivity index (χ2v) is 7.08. The van der Waals surface area contributed by atoms with Crippen LogP contribution in [-0.2, 0) is 11.3 Å². The van der Waals surface area contributed by atoms with E-state index in [0.717, 1.165) is 39.0 Å². The smallest absolute Gasteiger partial charge is 0.338 e. The van der Waals surface area contributed by atoms with Gasteiger partial charge in [-0.2, -0.15) is 0 Å². The van der Waals surface area contributed by atoms with Gasteiger partial charge in [-0.05, 0) is 50.9 Å². The number of carbonyl (C=O) groups is 1. The molecule has 0 bridgehead atoms. The molecule has 0 spiro atoms. The van der Waals surface area contributed by atoms with Crippen molar-refractivity contribution in [3.63, 3.8) is 0 Å². The van der Waals surface area contributed by atoms with Crippen LogP contribution in [-0.4, -0.2) is 62.1 Å². The van der Waals surface area contributed by atoms with E-state index in [2.05, 4.69) is 10.00 Å². The van der Waals surface area contributed by atoms with Gasteiger partial charge in [0.25, 0.3) is 0 Å². The fourth-order valence-corrected chi connectivity index (χ4v) is 4.08. The quantitative estimate of drug-likeness (QED) is 0.812. The zero-order chi connectivity index (χ0) is 17.2. The number of nitrogens with zero attached hydrogens (tertiary/aromatic N) is 5. The van der Waals surface area contributed by atoms with E-state index in [4.69, 9.17) is 0 Å². The number of hydrogen-bond donors (Lipinski definition) is 0. The lowest BCUT2D eigenvalue weighted by Crippen LogP contribution is -2.43. The second kappa shape index (κ2) is 7.00. The molecule has 1 amide bonds. The first-order valence-corrected chi connectivity index (χ1v) is 9.28. The van der Waals surface area contributed by atoms with E-state index in [0.29, 0.717) is 24.7 Å². The summed E-state index contributed by atoms with van der Waals surface area (Å²) in [5, 5.41) is 4.30. The first-order chi connectivity index (χ1) is 12.2. The molecular weight excluding hydrogens is 318 g/mol. The van der Waals surface area contributed by atoms with Gasteiger partial charge < -0.3 is 9.80 Å². The first kappa shape index (κ1) is 16.3. The molecule has 2 fully saturated rings. The zero-order valence-corrected chi connectivity index (χ0v) is 14.5. The van der Waals surface area contributed by atoms with Crippen molar-refractivity contribution in [3.05, 3.63) is 34.9 Å². The normalized spacial score (nSPS) is 21.4. The molecule has 1 unspecified atom stereocenters. The number of carbonyl (C=O) groups excluding carboxylic acids is 1. The average Bonchev–Trinajstić information content (AvgIpc) is 3.35. The van der Waals surface area contributed by atoms with Crippen molar-refractivity contribution < 1.29 is 4.79 Å². The van der Waals surface area contributed by atoms with Crippen molar-refractivity contribution in [2.75, 3.05) is 26.2 Å². The van der Waals surface area contributed by atoms with Gasteiger partial charge in [-0.3, -0.25) is 9.20 Å². The molecule has 2 aliphatic rings. The number of aromatic nitrogens is 3. The number of rotatable bonds is 5. The molecule has 2 aromatic rings. The number of amides is 1. The lowest BCUT2D eigenvalue weighted by atomic mass is 10.2. The first-order valence-electron chi connectivity index (χ1n) is 9.28. The van der Waals surface area contributed by atoms with Crippen LogP contribution in [0.4, 0.5) is 0 Å². The maximum Gasteiger partial charge on any atom is 0.350 e. The van der Waals surface area contributed by atoms with Crippen LogP contribution in [0, 0.1) is 0 Å². The molecule has 7 nitrogen and oxygen atoms in total. The minimum absolute atomic E-state index is 0.144. The Morgan fingerprint density at radius 2 is 2.00 bits per heavy atom. The second-order valence-electron chi connectivity index (χ2n) is 7.08. The molecule has 134 valence electrons. The monoisotopic (exact) mass is 343 g/mol. The predicted octanol–water partition coefficient (Wildman–Crippen LogP) is 0.973. The summed E-state index contributed by atoms with van der Waals surface area (Å²) >= 11 is 0. The zero-order valence-electron chi connectivity index (χ0n) is 14.5. The molecule has 4 heterocycles. The highest BCUT2D eigenvalue weighted by Crippen LogP contribution is 2.21. The molecule has 0 aromatic carbocycles. The third-order valence-corrected chi connectivity index (χ3v) is 5.39. The molecule has 1 atom stereocenters. The van der Waals surface area contributed by atoms with Gasteiger partial charge in [-0.1, -0.05) is 6.07 Å². The van der Waals surface area contributed by atoms with E-state index in [1.54, 1.807) is 18.3 Å². The molecule has 0 radical (unpaired) electrons. The number of fused-ring (bicyclic) bond motifs is 1. The Morgan fingerprint density at radius 1 is 1.16 bits per heavy atom. The van der Waals surface area contributed by atoms with Crippen molar-refractivity contribution in [2.24, 2.45) is 0 Å². The van der Waals surface area contributed by atoms with E-state index in [-0.39, 0.29) is 11.6 Å². The van der Waals surface area contributed by atoms with Gasteiger partial charge in [0.2, 0.25) is 5.91 Å². The number of aryl methyl sites for hydroxylation is 1. The largest absolute Gasteiger partial charge is 0.350 e. The van der Waals surface area contributed by atoms with Gasteiger partial charge in [0.05, 0.1) is 6.54 Å². The van der Waals surface area contributed by atoms with Gasteiger partial charge >= 0.3 is 5.69 Å². The fourth-order valence-electron chi connectivity index (χ4n) is 4.08. The number of likely N-dealkylation sites (tertiary alicyclic amines) is 2. The molecule has 4 rings (SSSR count). The molecule has 0 saturated carbocycles. The van der Waals surface area contributed by atoms with E-state index < -0.39 is 0 Å². The minimum atomic E-state index is -0.182. The standard InChI is InChI=1S/C18H25N5O2/c24-17(21-12-5-6-15(21)14-20-9-3-4-10-20)8-13-23-18(25)22-11-2-1-7-16(22)19-23/h1-2,7,11,15H,3-6,8-10,12-14H2. The highest BCUT2D eigenvalue weighted by Gasteiger charge is 2.30. The summed E-state index contributed by atoms with van der Waals surface area (Å²) < 4.78 is 2.91. The molecular formula is C18H25N5O2. The van der Waals surface area contributed by atoms with Gasteiger partial charge in [0, 0.05) is 31.7 Å². The Kier molecular flexibility index (Phi) is 4.57. The van der Waals surface area contributed by atoms with E-state index in [1.165, 1.54) is 21.9 Å². The van der Waals surface area contributed by atoms with Gasteiger partial charge in [-0.15, -0.1) is 5.10 Å². The number of pyridine rings is 1. The Labute approximate surface area is 146 Å². The molecule has 2 saturated heterocycles. The lowest BCUT2D eigenvalue weighted by molar-refractivity contribution is -0.132. The Bertz CT molecular complexity index is 805. The highest BCUT2D eigenvalue weighted by atomic mass is 16.2. The van der Waals surface area contributed by atoms with Gasteiger partial charge in [0.1, 0.15) is 0 Å². The van der Waals surface area contributed by atoms with E-state index >= 15 is 0 Å². The third-order valence-electron chi connectivity index (χ3n) is 5.39. The van der Waals surface area contributed by atoms with Crippen LogP contribution in [0.3, 0.4) is 0 Å². The summed E-state index contributed by atoms with van der Waals surface area (Å²) in [6.45, 7) is 4.51. The van der Waals surface area contributed by atoms with Crippen LogP contribution in [0.5, 0.6) is 0 Å². The maximum atomic E-state index is 12.7. The Hall–Kier alpha value is -2.15. The predicted molar refractivity (Wildman–Crippen MR) is 94.5 cm³/mol. The molecule has 2 aromatic heterocycles. The van der Waals surface area contributed by atoms with E-state index in [9.17, 15) is 9.59 Å². The van der Waals surface area contributed by atoms with Crippen LogP contribution in [0.15, 0.2) is 29.2 Å². The van der Waals surface area contributed by atoms with Crippen LogP contribution in [0.1, 0.15) is 32.1 Å². The van der Waals surface area contributed by atoms with Crippen molar-refractivity contribution in [1.29, 1.82) is 0 Å². The van der Waals surface area contributed by atoms with Crippen LogP contribution >= 0.6 is 0 Å². The fraction of sp³-hybridized carbons (Fsp3) is 0.611. The van der Waals surface area contributed by atoms with Crippen molar-refractivity contribution in [2.45, 2.75) is 44.7 Å². The summed E-state index contributed by atoms with van der Waals surface area (Å²) in [6, 6.07) is 5.79. The summed E-state index contributed by atoms with van der Waals surface area (Å²) in [5.41, 5.74) is 0.437. The van der Waals surface area contributed by atoms with E-state index in [1.807, 2.05) is 11.0 Å². The summed E-state index contributed by atoms with van der Waals surface area (Å²) in [5.74, 6) is 0.144. The summed E-state index contributed by atoms with van der Waals surface area (Å²) in [6.07, 6.45) is 6.76. The Morgan fingerprint density at radius 3 is 2.80 bits per heavy atom. The lowest BCUT2D eigenvalue weighted by Gasteiger charge is -2.28. The molecule has 2 aliphatic heterocycles. The van der Waals surface area contributed by atoms with Crippen molar-refractivity contribution in [3.8, 4) is 0 Å². The Balaban J connectivity index is 1.39. The molecule has 25 heavy (non-hydrogen) atoms. The molecule has 7 heteroatoms. The highest BCUT2D eigenvalue weighted by molar-refractivity contribution is 5.76. The summed E-state index contributed by atoms with van der Waals surface area (Å²) in [4.78, 5) is 29.5. The topological polar surface area (TPSA) is 62.9 Å². The molecule has 0 N–H and O–H groups in total. The average molecular weight is 343 g/mol. The van der Waals surface area contributed by atoms with Crippen LogP contribution < -0.4 is 5.69 Å². The summed E-state index contributed by atoms with van der Waals surface area (Å²) in [7, 11) is 0. The number of hydrogen-bond acceptors (Lipinski definition) is 4. The van der Waals surface area contributed by atoms with Crippen molar-refractivity contribution in [1.82, 2.24) is 24.0 Å². The molecule has 0 aliphatic carbocycles. The van der Waals surface area contributed by atoms with Crippen LogP contribution in [0.25, 0.3) is 5.65 Å². The SMILES string of the molecule is O=C(CCn1nc2ccccn2c1=O)N1CCCC1CN1CCCC1. The third kappa shape index (κ3) is 3.33. The van der Waals surface area contributed by atoms with Crippen molar-refractivity contribution >= 4 is 11.6 Å². The minimum Gasteiger partial charge on any atom is -0.338 e. The van der Waals surface area contributed by atoms with Crippen LogP contribution in [0.2, 0.25) is 0 Å². The maximum absolute atomic E-state index is 12.7.